The molecule has 0 spiro atoms. The van der Waals surface area contributed by atoms with Crippen LogP contribution in [0.5, 0.6) is 0 Å². The monoisotopic (exact) mass is 338 g/mol. The Morgan fingerprint density at radius 2 is 2.00 bits per heavy atom. The molecule has 0 unspecified atom stereocenters. The lowest BCUT2D eigenvalue weighted by atomic mass is 10.2. The van der Waals surface area contributed by atoms with E-state index in [2.05, 4.69) is 15.2 Å². The molecule has 0 atom stereocenters. The lowest BCUT2D eigenvalue weighted by Gasteiger charge is -2.05. The molecule has 0 aliphatic carbocycles. The standard InChI is InChI=1S/C17H11ClN4O2/c18-12-5-3-4-11(8-12)17-20-16(24-21-17)10-22-14-7-2-1-6-13(14)15(23)9-19-22/h1-9H,10H2. The second kappa shape index (κ2) is 5.90. The molecule has 0 bridgehead atoms. The maximum Gasteiger partial charge on any atom is 0.248 e. The first-order valence-electron chi connectivity index (χ1n) is 7.24. The largest absolute Gasteiger partial charge is 0.337 e. The van der Waals surface area contributed by atoms with E-state index in [-0.39, 0.29) is 12.0 Å². The van der Waals surface area contributed by atoms with Gasteiger partial charge in [0.05, 0.1) is 11.7 Å². The summed E-state index contributed by atoms with van der Waals surface area (Å²) in [5, 5.41) is 9.33. The number of fused-ring (bicyclic) bond motifs is 1. The molecule has 4 aromatic rings. The molecule has 6 nitrogen and oxygen atoms in total. The van der Waals surface area contributed by atoms with Gasteiger partial charge >= 0.3 is 0 Å². The molecular weight excluding hydrogens is 328 g/mol. The van der Waals surface area contributed by atoms with Gasteiger partial charge in [-0.2, -0.15) is 10.1 Å². The van der Waals surface area contributed by atoms with Crippen LogP contribution < -0.4 is 5.43 Å². The van der Waals surface area contributed by atoms with Crippen molar-refractivity contribution in [3.63, 3.8) is 0 Å². The highest BCUT2D eigenvalue weighted by molar-refractivity contribution is 6.30. The molecule has 4 rings (SSSR count). The fourth-order valence-electron chi connectivity index (χ4n) is 2.48. The second-order valence-electron chi connectivity index (χ2n) is 5.21. The van der Waals surface area contributed by atoms with E-state index >= 15 is 0 Å². The molecule has 7 heteroatoms. The molecule has 2 aromatic heterocycles. The Bertz CT molecular complexity index is 1090. The summed E-state index contributed by atoms with van der Waals surface area (Å²) in [6.07, 6.45) is 1.29. The molecule has 0 saturated heterocycles. The van der Waals surface area contributed by atoms with Gasteiger partial charge in [0, 0.05) is 16.0 Å². The highest BCUT2D eigenvalue weighted by Gasteiger charge is 2.11. The summed E-state index contributed by atoms with van der Waals surface area (Å²) in [5.41, 5.74) is 1.37. The van der Waals surface area contributed by atoms with E-state index < -0.39 is 0 Å². The Labute approximate surface area is 141 Å². The predicted molar refractivity (Wildman–Crippen MR) is 89.8 cm³/mol. The van der Waals surface area contributed by atoms with Crippen LogP contribution in [0.15, 0.2) is 64.0 Å². The van der Waals surface area contributed by atoms with Crippen molar-refractivity contribution < 1.29 is 4.52 Å². The molecule has 0 aliphatic rings. The highest BCUT2D eigenvalue weighted by Crippen LogP contribution is 2.20. The van der Waals surface area contributed by atoms with E-state index in [0.717, 1.165) is 5.56 Å². The van der Waals surface area contributed by atoms with Gasteiger partial charge in [0.2, 0.25) is 17.1 Å². The number of hydrogen-bond acceptors (Lipinski definition) is 5. The molecule has 0 saturated carbocycles. The zero-order valence-corrected chi connectivity index (χ0v) is 13.1. The Kier molecular flexibility index (Phi) is 3.59. The molecule has 2 aromatic carbocycles. The van der Waals surface area contributed by atoms with Crippen molar-refractivity contribution in [3.05, 3.63) is 75.9 Å². The fourth-order valence-corrected chi connectivity index (χ4v) is 2.67. The number of para-hydroxylation sites is 1. The molecule has 0 aliphatic heterocycles. The Hall–Kier alpha value is -2.99. The summed E-state index contributed by atoms with van der Waals surface area (Å²) in [6.45, 7) is 0.272. The van der Waals surface area contributed by atoms with Gasteiger partial charge in [0.1, 0.15) is 6.54 Å². The summed E-state index contributed by atoms with van der Waals surface area (Å²) in [5.74, 6) is 0.851. The van der Waals surface area contributed by atoms with E-state index in [1.54, 1.807) is 22.9 Å². The van der Waals surface area contributed by atoms with E-state index in [0.29, 0.717) is 27.6 Å². The third-order valence-corrected chi connectivity index (χ3v) is 3.83. The third kappa shape index (κ3) is 2.68. The number of rotatable bonds is 3. The van der Waals surface area contributed by atoms with Crippen LogP contribution in [0.4, 0.5) is 0 Å². The van der Waals surface area contributed by atoms with E-state index in [1.165, 1.54) is 6.20 Å². The van der Waals surface area contributed by atoms with Gasteiger partial charge in [-0.15, -0.1) is 0 Å². The SMILES string of the molecule is O=c1cnn(Cc2nc(-c3cccc(Cl)c3)no2)c2ccccc12. The number of benzene rings is 2. The van der Waals surface area contributed by atoms with Crippen molar-refractivity contribution in [1.29, 1.82) is 0 Å². The summed E-state index contributed by atoms with van der Waals surface area (Å²) in [7, 11) is 0. The number of aromatic nitrogens is 4. The van der Waals surface area contributed by atoms with Crippen molar-refractivity contribution in [1.82, 2.24) is 19.9 Å². The second-order valence-corrected chi connectivity index (χ2v) is 5.64. The van der Waals surface area contributed by atoms with Gasteiger partial charge in [-0.3, -0.25) is 9.48 Å². The number of hydrogen-bond donors (Lipinski definition) is 0. The maximum absolute atomic E-state index is 11.9. The smallest absolute Gasteiger partial charge is 0.248 e. The zero-order chi connectivity index (χ0) is 16.5. The molecule has 0 amide bonds. The number of halogens is 1. The van der Waals surface area contributed by atoms with Crippen LogP contribution in [-0.2, 0) is 6.54 Å². The Balaban J connectivity index is 1.70. The quantitative estimate of drug-likeness (QED) is 0.573. The average Bonchev–Trinajstić information content (AvgIpc) is 3.06. The molecule has 0 radical (unpaired) electrons. The van der Waals surface area contributed by atoms with Crippen molar-refractivity contribution >= 4 is 22.5 Å². The summed E-state index contributed by atoms with van der Waals surface area (Å²) in [6, 6.07) is 14.5. The normalized spacial score (nSPS) is 11.0. The van der Waals surface area contributed by atoms with Crippen molar-refractivity contribution in [2.45, 2.75) is 6.54 Å². The summed E-state index contributed by atoms with van der Waals surface area (Å²) in [4.78, 5) is 16.2. The minimum atomic E-state index is -0.119. The predicted octanol–water partition coefficient (Wildman–Crippen LogP) is 3.15. The Morgan fingerprint density at radius 1 is 1.12 bits per heavy atom. The Morgan fingerprint density at radius 3 is 2.88 bits per heavy atom. The van der Waals surface area contributed by atoms with E-state index in [4.69, 9.17) is 16.1 Å². The lowest BCUT2D eigenvalue weighted by molar-refractivity contribution is 0.367. The lowest BCUT2D eigenvalue weighted by Crippen LogP contribution is -2.13. The van der Waals surface area contributed by atoms with Crippen LogP contribution in [0.1, 0.15) is 5.89 Å². The van der Waals surface area contributed by atoms with E-state index in [1.807, 2.05) is 30.3 Å². The van der Waals surface area contributed by atoms with Crippen LogP contribution in [0, 0.1) is 0 Å². The van der Waals surface area contributed by atoms with Gasteiger partial charge in [0.25, 0.3) is 0 Å². The van der Waals surface area contributed by atoms with Crippen LogP contribution >= 0.6 is 11.6 Å². The van der Waals surface area contributed by atoms with Crippen molar-refractivity contribution in [3.8, 4) is 11.4 Å². The zero-order valence-electron chi connectivity index (χ0n) is 12.4. The van der Waals surface area contributed by atoms with Gasteiger partial charge in [0.15, 0.2) is 0 Å². The highest BCUT2D eigenvalue weighted by atomic mass is 35.5. The van der Waals surface area contributed by atoms with Crippen molar-refractivity contribution in [2.75, 3.05) is 0 Å². The number of nitrogens with zero attached hydrogens (tertiary/aromatic N) is 4. The van der Waals surface area contributed by atoms with Crippen LogP contribution in [-0.4, -0.2) is 19.9 Å². The maximum atomic E-state index is 11.9. The third-order valence-electron chi connectivity index (χ3n) is 3.60. The molecule has 24 heavy (non-hydrogen) atoms. The summed E-state index contributed by atoms with van der Waals surface area (Å²) >= 11 is 5.98. The fraction of sp³-hybridized carbons (Fsp3) is 0.0588. The van der Waals surface area contributed by atoms with Gasteiger partial charge in [-0.05, 0) is 24.3 Å². The molecule has 0 N–H and O–H groups in total. The van der Waals surface area contributed by atoms with Gasteiger partial charge in [-0.1, -0.05) is 41.0 Å². The first kappa shape index (κ1) is 14.6. The first-order valence-corrected chi connectivity index (χ1v) is 7.62. The first-order chi connectivity index (χ1) is 11.7. The van der Waals surface area contributed by atoms with Crippen molar-refractivity contribution in [2.24, 2.45) is 0 Å². The summed E-state index contributed by atoms with van der Waals surface area (Å²) < 4.78 is 6.96. The molecule has 0 fully saturated rings. The van der Waals surface area contributed by atoms with Gasteiger partial charge in [-0.25, -0.2) is 0 Å². The average molecular weight is 339 g/mol. The van der Waals surface area contributed by atoms with Crippen LogP contribution in [0.2, 0.25) is 5.02 Å². The van der Waals surface area contributed by atoms with Crippen LogP contribution in [0.25, 0.3) is 22.3 Å². The minimum Gasteiger partial charge on any atom is -0.337 e. The van der Waals surface area contributed by atoms with Gasteiger partial charge < -0.3 is 4.52 Å². The molecule has 2 heterocycles. The minimum absolute atomic E-state index is 0.119. The molecular formula is C17H11ClN4O2. The molecule has 118 valence electrons. The van der Waals surface area contributed by atoms with Crippen LogP contribution in [0.3, 0.4) is 0 Å². The van der Waals surface area contributed by atoms with E-state index in [9.17, 15) is 4.79 Å². The topological polar surface area (TPSA) is 73.8 Å².